The van der Waals surface area contributed by atoms with E-state index in [2.05, 4.69) is 0 Å². The van der Waals surface area contributed by atoms with Gasteiger partial charge in [-0.15, -0.1) is 0 Å². The number of benzene rings is 1. The Morgan fingerprint density at radius 3 is 2.30 bits per heavy atom. The van der Waals surface area contributed by atoms with Gasteiger partial charge in [-0.2, -0.15) is 0 Å². The van der Waals surface area contributed by atoms with E-state index in [4.69, 9.17) is 10.5 Å². The van der Waals surface area contributed by atoms with Crippen LogP contribution >= 0.6 is 0 Å². The Bertz CT molecular complexity index is 822. The number of rotatable bonds is 5. The Morgan fingerprint density at radius 2 is 1.81 bits per heavy atom. The first-order valence-electron chi connectivity index (χ1n) is 8.37. The fraction of sp³-hybridized carbons (Fsp3) is 0.471. The summed E-state index contributed by atoms with van der Waals surface area (Å²) < 4.78 is 28.5. The Kier molecular flexibility index (Phi) is 6.55. The zero-order chi connectivity index (χ0) is 20.2. The molecular weight excluding hydrogens is 374 g/mol. The van der Waals surface area contributed by atoms with Crippen molar-refractivity contribution in [3.63, 3.8) is 0 Å². The molecule has 1 fully saturated rings. The standard InChI is InChI=1S/C17H23N3O6S/c1-12(21)20(14-5-3-13(18)4-6-14)17(23)16(22)19(8-9-26-2)15-7-10-27(24,25)11-15/h3-6,15H,7-11,18H2,1-2H3. The van der Waals surface area contributed by atoms with E-state index in [1.165, 1.54) is 43.2 Å². The summed E-state index contributed by atoms with van der Waals surface area (Å²) in [6.45, 7) is 1.35. The Labute approximate surface area is 158 Å². The van der Waals surface area contributed by atoms with Crippen LogP contribution < -0.4 is 10.6 Å². The lowest BCUT2D eigenvalue weighted by Gasteiger charge is -2.29. The lowest BCUT2D eigenvalue weighted by Crippen LogP contribution is -2.52. The minimum atomic E-state index is -3.26. The van der Waals surface area contributed by atoms with Crippen LogP contribution in [-0.4, -0.2) is 68.8 Å². The van der Waals surface area contributed by atoms with E-state index in [9.17, 15) is 22.8 Å². The monoisotopic (exact) mass is 397 g/mol. The van der Waals surface area contributed by atoms with Gasteiger partial charge in [0.1, 0.15) is 0 Å². The number of nitrogen functional groups attached to an aromatic ring is 1. The van der Waals surface area contributed by atoms with Crippen LogP contribution in [0.1, 0.15) is 13.3 Å². The summed E-state index contributed by atoms with van der Waals surface area (Å²) in [6, 6.07) is 5.31. The predicted octanol–water partition coefficient (Wildman–Crippen LogP) is -0.190. The maximum atomic E-state index is 12.8. The molecule has 2 rings (SSSR count). The molecule has 1 aliphatic heterocycles. The number of methoxy groups -OCH3 is 1. The summed E-state index contributed by atoms with van der Waals surface area (Å²) in [5.74, 6) is -2.88. The van der Waals surface area contributed by atoms with Gasteiger partial charge in [-0.3, -0.25) is 14.4 Å². The van der Waals surface area contributed by atoms with Gasteiger partial charge in [-0.1, -0.05) is 0 Å². The number of carbonyl (C=O) groups excluding carboxylic acids is 3. The van der Waals surface area contributed by atoms with E-state index in [1.54, 1.807) is 0 Å². The molecule has 10 heteroatoms. The molecule has 148 valence electrons. The van der Waals surface area contributed by atoms with E-state index in [0.29, 0.717) is 5.69 Å². The van der Waals surface area contributed by atoms with Gasteiger partial charge in [0.2, 0.25) is 5.91 Å². The molecule has 3 amide bonds. The molecular formula is C17H23N3O6S. The predicted molar refractivity (Wildman–Crippen MR) is 99.7 cm³/mol. The van der Waals surface area contributed by atoms with Gasteiger partial charge < -0.3 is 15.4 Å². The van der Waals surface area contributed by atoms with Crippen molar-refractivity contribution >= 4 is 38.9 Å². The van der Waals surface area contributed by atoms with Crippen LogP contribution in [0.4, 0.5) is 11.4 Å². The van der Waals surface area contributed by atoms with Gasteiger partial charge in [-0.25, -0.2) is 13.3 Å². The number of ether oxygens (including phenoxy) is 1. The highest BCUT2D eigenvalue weighted by Gasteiger charge is 2.39. The van der Waals surface area contributed by atoms with E-state index in [0.717, 1.165) is 4.90 Å². The molecule has 0 saturated carbocycles. The summed E-state index contributed by atoms with van der Waals surface area (Å²) in [7, 11) is -1.82. The highest BCUT2D eigenvalue weighted by molar-refractivity contribution is 7.91. The number of hydrogen-bond acceptors (Lipinski definition) is 7. The second-order valence-corrected chi connectivity index (χ2v) is 8.53. The van der Waals surface area contributed by atoms with Crippen molar-refractivity contribution in [1.29, 1.82) is 0 Å². The molecule has 0 aliphatic carbocycles. The molecule has 0 spiro atoms. The second-order valence-electron chi connectivity index (χ2n) is 6.30. The molecule has 0 aromatic heterocycles. The third kappa shape index (κ3) is 5.04. The molecule has 27 heavy (non-hydrogen) atoms. The van der Waals surface area contributed by atoms with Crippen molar-refractivity contribution in [1.82, 2.24) is 4.90 Å². The summed E-state index contributed by atoms with van der Waals surface area (Å²) in [6.07, 6.45) is 0.243. The van der Waals surface area contributed by atoms with Crippen LogP contribution in [0.15, 0.2) is 24.3 Å². The molecule has 1 aromatic carbocycles. The van der Waals surface area contributed by atoms with Crippen LogP contribution in [0.3, 0.4) is 0 Å². The molecule has 1 saturated heterocycles. The molecule has 1 unspecified atom stereocenters. The topological polar surface area (TPSA) is 127 Å². The average molecular weight is 397 g/mol. The summed E-state index contributed by atoms with van der Waals surface area (Å²) >= 11 is 0. The number of amides is 3. The Hall–Kier alpha value is -2.46. The number of imide groups is 1. The minimum absolute atomic E-state index is 0.0446. The maximum Gasteiger partial charge on any atom is 0.323 e. The largest absolute Gasteiger partial charge is 0.399 e. The van der Waals surface area contributed by atoms with Crippen molar-refractivity contribution < 1.29 is 27.5 Å². The Morgan fingerprint density at radius 1 is 1.19 bits per heavy atom. The first-order valence-corrected chi connectivity index (χ1v) is 10.2. The number of nitrogens with two attached hydrogens (primary N) is 1. The smallest absolute Gasteiger partial charge is 0.323 e. The normalized spacial score (nSPS) is 18.1. The first-order chi connectivity index (χ1) is 12.7. The lowest BCUT2D eigenvalue weighted by molar-refractivity contribution is -0.147. The van der Waals surface area contributed by atoms with Gasteiger partial charge >= 0.3 is 11.8 Å². The Balaban J connectivity index is 2.29. The second kappa shape index (κ2) is 8.49. The highest BCUT2D eigenvalue weighted by Crippen LogP contribution is 2.21. The van der Waals surface area contributed by atoms with Gasteiger partial charge in [0, 0.05) is 32.3 Å². The van der Waals surface area contributed by atoms with Crippen molar-refractivity contribution in [3.8, 4) is 0 Å². The van der Waals surface area contributed by atoms with Crippen LogP contribution in [0.25, 0.3) is 0 Å². The molecule has 1 aliphatic rings. The summed E-state index contributed by atoms with van der Waals surface area (Å²) in [5, 5.41) is 0. The lowest BCUT2D eigenvalue weighted by atomic mass is 10.2. The van der Waals surface area contributed by atoms with Crippen LogP contribution in [0, 0.1) is 0 Å². The minimum Gasteiger partial charge on any atom is -0.399 e. The SMILES string of the molecule is COCCN(C(=O)C(=O)N(C(C)=O)c1ccc(N)cc1)C1CCS(=O)(=O)C1. The van der Waals surface area contributed by atoms with Gasteiger partial charge in [0.15, 0.2) is 9.84 Å². The zero-order valence-electron chi connectivity index (χ0n) is 15.3. The number of carbonyl (C=O) groups is 3. The van der Waals surface area contributed by atoms with Crippen LogP contribution in [0.5, 0.6) is 0 Å². The third-order valence-electron chi connectivity index (χ3n) is 4.30. The summed E-state index contributed by atoms with van der Waals surface area (Å²) in [5.41, 5.74) is 6.27. The molecule has 0 radical (unpaired) electrons. The third-order valence-corrected chi connectivity index (χ3v) is 6.05. The number of nitrogens with zero attached hydrogens (tertiary/aromatic N) is 2. The zero-order valence-corrected chi connectivity index (χ0v) is 16.1. The number of hydrogen-bond donors (Lipinski definition) is 1. The average Bonchev–Trinajstić information content (AvgIpc) is 2.96. The van der Waals surface area contributed by atoms with E-state index in [-0.39, 0.29) is 36.8 Å². The molecule has 9 nitrogen and oxygen atoms in total. The molecule has 2 N–H and O–H groups in total. The fourth-order valence-corrected chi connectivity index (χ4v) is 4.68. The number of sulfone groups is 1. The molecule has 1 heterocycles. The first kappa shape index (κ1) is 20.8. The maximum absolute atomic E-state index is 12.8. The van der Waals surface area contributed by atoms with Crippen molar-refractivity contribution in [2.75, 3.05) is 42.4 Å². The highest BCUT2D eigenvalue weighted by atomic mass is 32.2. The quantitative estimate of drug-likeness (QED) is 0.539. The molecule has 1 aromatic rings. The van der Waals surface area contributed by atoms with Crippen molar-refractivity contribution in [2.45, 2.75) is 19.4 Å². The van der Waals surface area contributed by atoms with Gasteiger partial charge in [0.05, 0.1) is 23.8 Å². The van der Waals surface area contributed by atoms with Crippen molar-refractivity contribution in [2.24, 2.45) is 0 Å². The van der Waals surface area contributed by atoms with Gasteiger partial charge in [0.25, 0.3) is 0 Å². The van der Waals surface area contributed by atoms with E-state index >= 15 is 0 Å². The van der Waals surface area contributed by atoms with E-state index in [1.807, 2.05) is 0 Å². The molecule has 1 atom stereocenters. The van der Waals surface area contributed by atoms with Crippen LogP contribution in [-0.2, 0) is 29.0 Å². The van der Waals surface area contributed by atoms with Crippen LogP contribution in [0.2, 0.25) is 0 Å². The van der Waals surface area contributed by atoms with E-state index < -0.39 is 33.6 Å². The van der Waals surface area contributed by atoms with Crippen molar-refractivity contribution in [3.05, 3.63) is 24.3 Å². The molecule has 0 bridgehead atoms. The summed E-state index contributed by atoms with van der Waals surface area (Å²) in [4.78, 5) is 39.6. The fourth-order valence-electron chi connectivity index (χ4n) is 2.94. The van der Waals surface area contributed by atoms with Gasteiger partial charge in [-0.05, 0) is 30.7 Å². The number of anilines is 2.